The fraction of sp³-hybridized carbons (Fsp3) is 0.467. The smallest absolute Gasteiger partial charge is 0.326 e. The lowest BCUT2D eigenvalue weighted by molar-refractivity contribution is -0.139. The van der Waals surface area contributed by atoms with E-state index in [4.69, 9.17) is 38.1 Å². The summed E-state index contributed by atoms with van der Waals surface area (Å²) in [5.41, 5.74) is 2.68. The van der Waals surface area contributed by atoms with Gasteiger partial charge in [0.2, 0.25) is 17.7 Å². The number of amides is 2. The molecular formula is C60H73N13O12. The van der Waals surface area contributed by atoms with E-state index in [1.807, 2.05) is 62.3 Å². The van der Waals surface area contributed by atoms with Crippen LogP contribution >= 0.6 is 0 Å². The zero-order valence-corrected chi connectivity index (χ0v) is 48.8. The van der Waals surface area contributed by atoms with Crippen LogP contribution < -0.4 is 24.6 Å². The van der Waals surface area contributed by atoms with Crippen LogP contribution in [0.15, 0.2) is 91.6 Å². The van der Waals surface area contributed by atoms with Gasteiger partial charge >= 0.3 is 5.97 Å². The number of aromatic nitrogens is 8. The minimum Gasteiger partial charge on any atom is -0.491 e. The molecule has 5 aromatic heterocycles. The molecule has 2 N–H and O–H groups in total. The van der Waals surface area contributed by atoms with E-state index in [2.05, 4.69) is 41.6 Å². The van der Waals surface area contributed by atoms with Crippen molar-refractivity contribution in [2.24, 2.45) is 5.41 Å². The highest BCUT2D eigenvalue weighted by atomic mass is 16.6. The van der Waals surface area contributed by atoms with E-state index < -0.39 is 23.5 Å². The average molecular weight is 1170 g/mol. The van der Waals surface area contributed by atoms with Crippen molar-refractivity contribution in [1.82, 2.24) is 50.1 Å². The monoisotopic (exact) mass is 1170 g/mol. The molecule has 0 radical (unpaired) electrons. The predicted molar refractivity (Wildman–Crippen MR) is 309 cm³/mol. The third-order valence-corrected chi connectivity index (χ3v) is 14.0. The van der Waals surface area contributed by atoms with Crippen LogP contribution in [0.3, 0.4) is 0 Å². The van der Waals surface area contributed by atoms with Crippen LogP contribution in [0, 0.1) is 16.7 Å². The number of rotatable bonds is 31. The summed E-state index contributed by atoms with van der Waals surface area (Å²) in [6.45, 7) is 17.6. The standard InChI is InChI=1S/C60H73N13O12/c1-41-36-70(58-64-34-44(35-65-58)49-14-13-48-54(75)60(5,6)73(55(48)66-49)37-43-9-8-18-62-51(43)32-61)19-20-72(41)53(74)39-71-38-45(68-69-71)40-83-28-27-81-24-23-79-21-22-80-25-26-82-29-30-84-46-10-7-11-47(31-46)85-52-15-12-42(33-63-52)56(76)67-50(57(77)78)16-17-59(2,3)4/h7-15,18,31,33-35,38,41,50H,16-17,19-30,36-37,39-40H2,1-6H3,(H,67,76)(H,77,78)/t41-,50+/m1/s1. The number of carboxylic acids is 1. The van der Waals surface area contributed by atoms with Gasteiger partial charge in [-0.25, -0.2) is 34.4 Å². The molecule has 0 unspecified atom stereocenters. The van der Waals surface area contributed by atoms with Gasteiger partial charge in [0, 0.05) is 80.3 Å². The lowest BCUT2D eigenvalue weighted by Gasteiger charge is -2.39. The second-order valence-corrected chi connectivity index (χ2v) is 22.0. The van der Waals surface area contributed by atoms with Gasteiger partial charge in [-0.3, -0.25) is 14.4 Å². The molecule has 2 aliphatic heterocycles. The zero-order valence-electron chi connectivity index (χ0n) is 48.8. The van der Waals surface area contributed by atoms with E-state index in [1.54, 1.807) is 73.3 Å². The third kappa shape index (κ3) is 17.8. The summed E-state index contributed by atoms with van der Waals surface area (Å²) in [7, 11) is 0. The molecule has 0 spiro atoms. The molecule has 0 aliphatic carbocycles. The van der Waals surface area contributed by atoms with Crippen LogP contribution in [-0.2, 0) is 53.0 Å². The molecule has 8 rings (SSSR count). The van der Waals surface area contributed by atoms with Crippen LogP contribution in [0.5, 0.6) is 17.4 Å². The molecule has 0 saturated carbocycles. The largest absolute Gasteiger partial charge is 0.491 e. The number of fused-ring (bicyclic) bond motifs is 1. The van der Waals surface area contributed by atoms with Crippen LogP contribution in [-0.4, -0.2) is 177 Å². The van der Waals surface area contributed by atoms with Gasteiger partial charge < -0.3 is 58.3 Å². The number of hydrogen-bond donors (Lipinski definition) is 2. The minimum absolute atomic E-state index is 0.0367. The molecule has 25 nitrogen and oxygen atoms in total. The van der Waals surface area contributed by atoms with Gasteiger partial charge in [0.05, 0.1) is 94.6 Å². The number of ketones is 1. The summed E-state index contributed by atoms with van der Waals surface area (Å²) >= 11 is 0. The number of benzene rings is 1. The molecule has 7 heterocycles. The Kier molecular flexibility index (Phi) is 21.9. The molecule has 2 amide bonds. The van der Waals surface area contributed by atoms with Crippen molar-refractivity contribution in [2.45, 2.75) is 91.7 Å². The Balaban J connectivity index is 0.627. The first-order valence-corrected chi connectivity index (χ1v) is 28.2. The van der Waals surface area contributed by atoms with E-state index in [0.29, 0.717) is 156 Å². The molecular weight excluding hydrogens is 1090 g/mol. The van der Waals surface area contributed by atoms with Crippen LogP contribution in [0.25, 0.3) is 11.3 Å². The van der Waals surface area contributed by atoms with E-state index >= 15 is 0 Å². The van der Waals surface area contributed by atoms with Crippen molar-refractivity contribution in [3.8, 4) is 34.7 Å². The molecule has 1 aromatic carbocycles. The highest BCUT2D eigenvalue weighted by Gasteiger charge is 2.45. The Morgan fingerprint density at radius 1 is 0.835 bits per heavy atom. The SMILES string of the molecule is C[C@@H]1CN(c2ncc(-c3ccc4c(n3)N(Cc3cccnc3C#N)C(C)(C)C4=O)cn2)CCN1C(=O)Cn1cc(COCCOCCOCCOCCOCCOc2cccc(Oc3ccc(C(=O)N[C@@H](CCC(C)(C)C)C(=O)O)cn3)c2)nn1. The Morgan fingerprint density at radius 3 is 2.19 bits per heavy atom. The van der Waals surface area contributed by atoms with Gasteiger partial charge in [0.15, 0.2) is 5.78 Å². The average Bonchev–Trinajstić information content (AvgIpc) is 1.88. The van der Waals surface area contributed by atoms with Crippen molar-refractivity contribution in [2.75, 3.05) is 95.5 Å². The maximum Gasteiger partial charge on any atom is 0.326 e. The van der Waals surface area contributed by atoms with Gasteiger partial charge in [-0.05, 0) is 75.4 Å². The van der Waals surface area contributed by atoms with E-state index in [1.165, 1.54) is 16.9 Å². The summed E-state index contributed by atoms with van der Waals surface area (Å²) in [6, 6.07) is 18.3. The first kappa shape index (κ1) is 62.5. The van der Waals surface area contributed by atoms with Crippen molar-refractivity contribution >= 4 is 35.3 Å². The topological polar surface area (TPSA) is 294 Å². The second kappa shape index (κ2) is 29.8. The maximum absolute atomic E-state index is 13.5. The summed E-state index contributed by atoms with van der Waals surface area (Å²) in [6.07, 6.45) is 9.00. The second-order valence-electron chi connectivity index (χ2n) is 22.0. The first-order chi connectivity index (χ1) is 40.9. The zero-order chi connectivity index (χ0) is 60.3. The van der Waals surface area contributed by atoms with Crippen LogP contribution in [0.2, 0.25) is 0 Å². The number of anilines is 2. The molecule has 25 heteroatoms. The lowest BCUT2D eigenvalue weighted by atomic mass is 9.88. The Bertz CT molecular complexity index is 3240. The molecule has 0 bridgehead atoms. The van der Waals surface area contributed by atoms with Crippen molar-refractivity contribution in [3.63, 3.8) is 0 Å². The van der Waals surface area contributed by atoms with Crippen LogP contribution in [0.1, 0.15) is 92.1 Å². The number of pyridine rings is 3. The molecule has 1 fully saturated rings. The minimum atomic E-state index is -1.08. The van der Waals surface area contributed by atoms with Gasteiger partial charge in [-0.15, -0.1) is 5.10 Å². The number of nitrogens with zero attached hydrogens (tertiary/aromatic N) is 12. The quantitative estimate of drug-likeness (QED) is 0.0474. The summed E-state index contributed by atoms with van der Waals surface area (Å²) in [4.78, 5) is 79.8. The van der Waals surface area contributed by atoms with Gasteiger partial charge in [0.1, 0.15) is 54.0 Å². The normalized spacial score (nSPS) is 15.1. The number of Topliss-reactive ketones (excluding diaryl/α,β-unsaturated/α-hetero) is 1. The highest BCUT2D eigenvalue weighted by Crippen LogP contribution is 2.40. The highest BCUT2D eigenvalue weighted by molar-refractivity contribution is 6.13. The third-order valence-electron chi connectivity index (χ3n) is 14.0. The van der Waals surface area contributed by atoms with Crippen molar-refractivity contribution < 1.29 is 57.4 Å². The molecule has 450 valence electrons. The number of carbonyl (C=O) groups is 4. The molecule has 1 saturated heterocycles. The number of carbonyl (C=O) groups excluding carboxylic acids is 3. The number of aliphatic carboxylic acids is 1. The van der Waals surface area contributed by atoms with Gasteiger partial charge in [-0.2, -0.15) is 5.26 Å². The van der Waals surface area contributed by atoms with Gasteiger partial charge in [-0.1, -0.05) is 38.1 Å². The Labute approximate surface area is 493 Å². The van der Waals surface area contributed by atoms with Crippen molar-refractivity contribution in [1.29, 1.82) is 5.26 Å². The molecule has 85 heavy (non-hydrogen) atoms. The predicted octanol–water partition coefficient (Wildman–Crippen LogP) is 5.97. The summed E-state index contributed by atoms with van der Waals surface area (Å²) in [5.74, 6) is 0.634. The number of nitriles is 1. The summed E-state index contributed by atoms with van der Waals surface area (Å²) in [5, 5.41) is 30.1. The fourth-order valence-electron chi connectivity index (χ4n) is 9.33. The van der Waals surface area contributed by atoms with Crippen LogP contribution in [0.4, 0.5) is 11.8 Å². The fourth-order valence-corrected chi connectivity index (χ4v) is 9.33. The number of carboxylic acid groups (broad SMARTS) is 1. The number of nitrogens with one attached hydrogen (secondary N) is 1. The van der Waals surface area contributed by atoms with E-state index in [9.17, 15) is 29.5 Å². The first-order valence-electron chi connectivity index (χ1n) is 28.2. The molecule has 2 aliphatic rings. The lowest BCUT2D eigenvalue weighted by Crippen LogP contribution is -2.55. The Morgan fingerprint density at radius 2 is 1.53 bits per heavy atom. The maximum atomic E-state index is 13.5. The summed E-state index contributed by atoms with van der Waals surface area (Å²) < 4.78 is 41.3. The number of ether oxygens (including phenoxy) is 7. The Hall–Kier alpha value is -8.54. The molecule has 6 aromatic rings. The molecule has 2 atom stereocenters. The number of hydrogen-bond acceptors (Lipinski definition) is 21. The van der Waals surface area contributed by atoms with E-state index in [-0.39, 0.29) is 54.3 Å². The van der Waals surface area contributed by atoms with Gasteiger partial charge in [0.25, 0.3) is 5.91 Å². The van der Waals surface area contributed by atoms with Crippen molar-refractivity contribution in [3.05, 3.63) is 120 Å². The van der Waals surface area contributed by atoms with E-state index in [0.717, 1.165) is 0 Å². The number of piperazine rings is 1.